The highest BCUT2D eigenvalue weighted by Gasteiger charge is 2.45. The molecule has 0 aromatic carbocycles. The average molecular weight is 295 g/mol. The van der Waals surface area contributed by atoms with Crippen LogP contribution in [0.25, 0.3) is 0 Å². The van der Waals surface area contributed by atoms with Gasteiger partial charge in [0.15, 0.2) is 5.40 Å². The maximum absolute atomic E-state index is 11.8. The van der Waals surface area contributed by atoms with Gasteiger partial charge in [-0.05, 0) is 19.1 Å². The molecule has 0 radical (unpaired) electrons. The molecule has 0 saturated heterocycles. The third-order valence-electron chi connectivity index (χ3n) is 2.20. The van der Waals surface area contributed by atoms with Gasteiger partial charge in [0.05, 0.1) is 6.61 Å². The smallest absolute Gasteiger partial charge is 0.324 e. The second-order valence-corrected chi connectivity index (χ2v) is 7.80. The van der Waals surface area contributed by atoms with Crippen molar-refractivity contribution in [1.82, 2.24) is 4.98 Å². The minimum absolute atomic E-state index is 0.105. The molecule has 1 rings (SSSR count). The summed E-state index contributed by atoms with van der Waals surface area (Å²) in [5.74, 6) is 0. The Hall–Kier alpha value is -0.550. The van der Waals surface area contributed by atoms with Crippen molar-refractivity contribution in [2.45, 2.75) is 18.7 Å². The minimum atomic E-state index is -4.77. The van der Waals surface area contributed by atoms with Crippen LogP contribution >= 0.6 is 15.2 Å². The standard InChI is InChI=1S/C9H15NO6P2/c1-2-16-18(14,15)9(17(11,12)13)7-8-5-3-4-6-10-8/h3-6,9H,2,7H2,1H3,(H,14,15)(H2,11,12,13). The van der Waals surface area contributed by atoms with Gasteiger partial charge < -0.3 is 19.2 Å². The normalized spacial score (nSPS) is 17.1. The highest BCUT2D eigenvalue weighted by atomic mass is 31.2. The molecule has 1 heterocycles. The summed E-state index contributed by atoms with van der Waals surface area (Å²) in [6.45, 7) is 1.37. The van der Waals surface area contributed by atoms with Crippen molar-refractivity contribution < 1.29 is 28.3 Å². The van der Waals surface area contributed by atoms with E-state index in [-0.39, 0.29) is 13.0 Å². The average Bonchev–Trinajstić information content (AvgIpc) is 2.25. The van der Waals surface area contributed by atoms with Crippen LogP contribution in [0.15, 0.2) is 24.4 Å². The number of hydrogen-bond acceptors (Lipinski definition) is 4. The molecule has 18 heavy (non-hydrogen) atoms. The maximum Gasteiger partial charge on any atom is 0.343 e. The molecule has 0 fully saturated rings. The largest absolute Gasteiger partial charge is 0.343 e. The highest BCUT2D eigenvalue weighted by molar-refractivity contribution is 7.71. The summed E-state index contributed by atoms with van der Waals surface area (Å²) < 4.78 is 27.7. The molecule has 0 aliphatic heterocycles. The molecule has 0 amide bonds. The zero-order valence-corrected chi connectivity index (χ0v) is 11.5. The fraction of sp³-hybridized carbons (Fsp3) is 0.444. The van der Waals surface area contributed by atoms with E-state index in [1.807, 2.05) is 0 Å². The fourth-order valence-electron chi connectivity index (χ4n) is 1.40. The van der Waals surface area contributed by atoms with E-state index >= 15 is 0 Å². The van der Waals surface area contributed by atoms with Gasteiger partial charge in [-0.15, -0.1) is 0 Å². The van der Waals surface area contributed by atoms with Crippen LogP contribution in [0.1, 0.15) is 12.6 Å². The molecule has 102 valence electrons. The molecule has 0 saturated carbocycles. The molecule has 0 spiro atoms. The summed E-state index contributed by atoms with van der Waals surface area (Å²) in [5, 5.41) is -1.79. The van der Waals surface area contributed by atoms with Gasteiger partial charge in [0.2, 0.25) is 0 Å². The zero-order chi connectivity index (χ0) is 13.8. The van der Waals surface area contributed by atoms with Crippen LogP contribution in [0.5, 0.6) is 0 Å². The topological polar surface area (TPSA) is 117 Å². The molecule has 3 N–H and O–H groups in total. The molecule has 0 aliphatic carbocycles. The number of hydrogen-bond donors (Lipinski definition) is 3. The summed E-state index contributed by atoms with van der Waals surface area (Å²) in [4.78, 5) is 31.8. The van der Waals surface area contributed by atoms with Crippen molar-refractivity contribution in [2.24, 2.45) is 0 Å². The molecular formula is C9H15NO6P2. The zero-order valence-electron chi connectivity index (χ0n) is 9.71. The van der Waals surface area contributed by atoms with Gasteiger partial charge in [0.1, 0.15) is 0 Å². The van der Waals surface area contributed by atoms with E-state index in [1.165, 1.54) is 19.2 Å². The highest BCUT2D eigenvalue weighted by Crippen LogP contribution is 2.63. The van der Waals surface area contributed by atoms with Gasteiger partial charge in [0, 0.05) is 18.3 Å². The predicted octanol–water partition coefficient (Wildman–Crippen LogP) is 1.35. The summed E-state index contributed by atoms with van der Waals surface area (Å²) in [6, 6.07) is 4.79. The quantitative estimate of drug-likeness (QED) is 0.678. The van der Waals surface area contributed by atoms with Crippen molar-refractivity contribution in [3.8, 4) is 0 Å². The van der Waals surface area contributed by atoms with Crippen LogP contribution in [0.2, 0.25) is 0 Å². The molecule has 0 aliphatic rings. The first-order valence-corrected chi connectivity index (χ1v) is 8.52. The van der Waals surface area contributed by atoms with E-state index in [0.29, 0.717) is 5.69 Å². The van der Waals surface area contributed by atoms with Crippen LogP contribution in [-0.4, -0.2) is 31.7 Å². The van der Waals surface area contributed by atoms with Crippen molar-refractivity contribution >= 4 is 15.2 Å². The van der Waals surface area contributed by atoms with Crippen LogP contribution < -0.4 is 0 Å². The van der Waals surface area contributed by atoms with Crippen molar-refractivity contribution in [1.29, 1.82) is 0 Å². The van der Waals surface area contributed by atoms with Crippen molar-refractivity contribution in [2.75, 3.05) is 6.61 Å². The lowest BCUT2D eigenvalue weighted by atomic mass is 10.3. The Kier molecular flexibility index (Phi) is 5.22. The summed E-state index contributed by atoms with van der Waals surface area (Å²) in [7, 11) is -9.16. The van der Waals surface area contributed by atoms with E-state index in [2.05, 4.69) is 9.51 Å². The molecule has 1 aromatic rings. The van der Waals surface area contributed by atoms with E-state index in [1.54, 1.807) is 12.1 Å². The Morgan fingerprint density at radius 3 is 2.44 bits per heavy atom. The lowest BCUT2D eigenvalue weighted by Crippen LogP contribution is -2.15. The summed E-state index contributed by atoms with van der Waals surface area (Å²) in [5.41, 5.74) is 0.319. The lowest BCUT2D eigenvalue weighted by Gasteiger charge is -2.22. The first kappa shape index (κ1) is 15.5. The number of nitrogens with zero attached hydrogens (tertiary/aromatic N) is 1. The number of pyridine rings is 1. The van der Waals surface area contributed by atoms with Crippen molar-refractivity contribution in [3.63, 3.8) is 0 Å². The summed E-state index contributed by atoms with van der Waals surface area (Å²) >= 11 is 0. The van der Waals surface area contributed by atoms with Gasteiger partial charge in [0.25, 0.3) is 0 Å². The second-order valence-electron chi connectivity index (χ2n) is 3.58. The van der Waals surface area contributed by atoms with Crippen LogP contribution in [-0.2, 0) is 20.1 Å². The molecule has 7 nitrogen and oxygen atoms in total. The molecule has 2 atom stereocenters. The van der Waals surface area contributed by atoms with Gasteiger partial charge in [-0.1, -0.05) is 6.07 Å². The van der Waals surface area contributed by atoms with Gasteiger partial charge in [-0.2, -0.15) is 0 Å². The van der Waals surface area contributed by atoms with Gasteiger partial charge in [-0.3, -0.25) is 14.1 Å². The SMILES string of the molecule is CCOP(=O)(O)C(Cc1ccccn1)P(=O)(O)O. The monoisotopic (exact) mass is 295 g/mol. The van der Waals surface area contributed by atoms with Crippen LogP contribution in [0, 0.1) is 0 Å². The Morgan fingerprint density at radius 2 is 2.00 bits per heavy atom. The third kappa shape index (κ3) is 4.28. The molecule has 2 unspecified atom stereocenters. The predicted molar refractivity (Wildman–Crippen MR) is 65.2 cm³/mol. The first-order chi connectivity index (χ1) is 8.27. The van der Waals surface area contributed by atoms with Gasteiger partial charge >= 0.3 is 15.2 Å². The Bertz CT molecular complexity index is 473. The molecule has 9 heteroatoms. The number of rotatable bonds is 6. The van der Waals surface area contributed by atoms with E-state index in [4.69, 9.17) is 0 Å². The third-order valence-corrected chi connectivity index (χ3v) is 6.50. The van der Waals surface area contributed by atoms with E-state index in [9.17, 15) is 23.8 Å². The van der Waals surface area contributed by atoms with Crippen LogP contribution in [0.4, 0.5) is 0 Å². The first-order valence-electron chi connectivity index (χ1n) is 5.19. The molecule has 0 bridgehead atoms. The summed E-state index contributed by atoms with van der Waals surface area (Å²) in [6.07, 6.45) is 1.12. The maximum atomic E-state index is 11.8. The van der Waals surface area contributed by atoms with Crippen LogP contribution in [0.3, 0.4) is 0 Å². The van der Waals surface area contributed by atoms with Crippen molar-refractivity contribution in [3.05, 3.63) is 30.1 Å². The Morgan fingerprint density at radius 1 is 1.33 bits per heavy atom. The minimum Gasteiger partial charge on any atom is -0.324 e. The number of aromatic nitrogens is 1. The molecular weight excluding hydrogens is 280 g/mol. The fourth-order valence-corrected chi connectivity index (χ4v) is 4.51. The second kappa shape index (κ2) is 6.06. The van der Waals surface area contributed by atoms with E-state index in [0.717, 1.165) is 0 Å². The Balaban J connectivity index is 3.01. The van der Waals surface area contributed by atoms with Gasteiger partial charge in [-0.25, -0.2) is 0 Å². The van der Waals surface area contributed by atoms with E-state index < -0.39 is 20.6 Å². The molecule has 1 aromatic heterocycles. The Labute approximate surface area is 105 Å². The lowest BCUT2D eigenvalue weighted by molar-refractivity contribution is 0.264.